The Kier molecular flexibility index (Phi) is 4.42. The molecule has 2 N–H and O–H groups in total. The summed E-state index contributed by atoms with van der Waals surface area (Å²) in [6.07, 6.45) is 2.40. The Balaban J connectivity index is 1.35. The van der Waals surface area contributed by atoms with Gasteiger partial charge in [0.1, 0.15) is 5.54 Å². The third kappa shape index (κ3) is 2.78. The number of likely N-dealkylation sites (tertiary alicyclic amines) is 1. The topological polar surface area (TPSA) is 94.1 Å². The highest BCUT2D eigenvalue weighted by Crippen LogP contribution is 2.35. The van der Waals surface area contributed by atoms with Gasteiger partial charge in [-0.1, -0.05) is 18.7 Å². The third-order valence-electron chi connectivity index (χ3n) is 5.85. The average molecular weight is 377 g/mol. The highest BCUT2D eigenvalue weighted by molar-refractivity contribution is 8.16. The smallest absolute Gasteiger partial charge is 0.322 e. The van der Waals surface area contributed by atoms with E-state index in [1.165, 1.54) is 0 Å². The molecule has 0 aliphatic carbocycles. The molecule has 8 nitrogen and oxygen atoms in total. The number of aliphatic imine (C=N–C) groups is 1. The van der Waals surface area contributed by atoms with Crippen LogP contribution in [0, 0.1) is 5.92 Å². The minimum Gasteiger partial charge on any atom is -0.342 e. The molecule has 0 spiro atoms. The van der Waals surface area contributed by atoms with Crippen molar-refractivity contribution in [2.24, 2.45) is 10.9 Å². The molecular formula is C17H23N5O3S. The van der Waals surface area contributed by atoms with E-state index in [0.29, 0.717) is 25.9 Å². The lowest BCUT2D eigenvalue weighted by atomic mass is 9.76. The minimum absolute atomic E-state index is 0.0570. The first-order chi connectivity index (χ1) is 12.5. The number of fused-ring (bicyclic) bond motifs is 1. The van der Waals surface area contributed by atoms with Gasteiger partial charge >= 0.3 is 6.03 Å². The van der Waals surface area contributed by atoms with Crippen LogP contribution in [-0.2, 0) is 9.59 Å². The summed E-state index contributed by atoms with van der Waals surface area (Å²) in [5.41, 5.74) is 0.212. The fourth-order valence-electron chi connectivity index (χ4n) is 4.33. The zero-order chi connectivity index (χ0) is 18.3. The number of carbonyl (C=O) groups is 3. The van der Waals surface area contributed by atoms with Crippen molar-refractivity contribution in [3.8, 4) is 0 Å². The van der Waals surface area contributed by atoms with Crippen LogP contribution in [0.25, 0.3) is 0 Å². The number of carbonyl (C=O) groups excluding carboxylic acids is 3. The van der Waals surface area contributed by atoms with Crippen LogP contribution in [0.1, 0.15) is 32.6 Å². The number of nitrogens with one attached hydrogen (secondary N) is 2. The summed E-state index contributed by atoms with van der Waals surface area (Å²) in [4.78, 5) is 45.0. The Morgan fingerprint density at radius 2 is 2.12 bits per heavy atom. The van der Waals surface area contributed by atoms with Gasteiger partial charge in [-0.3, -0.25) is 19.9 Å². The number of thioether (sulfide) groups is 1. The second-order valence-electron chi connectivity index (χ2n) is 7.11. The Hall–Kier alpha value is -2.03. The van der Waals surface area contributed by atoms with E-state index in [1.54, 1.807) is 11.8 Å². The molecular weight excluding hydrogens is 354 g/mol. The minimum atomic E-state index is -0.822. The maximum Gasteiger partial charge on any atom is 0.322 e. The third-order valence-corrected chi connectivity index (χ3v) is 6.80. The molecule has 2 saturated heterocycles. The monoisotopic (exact) mass is 377 g/mol. The highest BCUT2D eigenvalue weighted by Gasteiger charge is 2.51. The first kappa shape index (κ1) is 17.4. The molecule has 4 aliphatic rings. The fraction of sp³-hybridized carbons (Fsp3) is 0.647. The maximum absolute atomic E-state index is 12.7. The molecule has 26 heavy (non-hydrogen) atoms. The lowest BCUT2D eigenvalue weighted by molar-refractivity contribution is -0.133. The zero-order valence-electron chi connectivity index (χ0n) is 14.8. The van der Waals surface area contributed by atoms with Crippen LogP contribution in [0.5, 0.6) is 0 Å². The normalized spacial score (nSPS) is 28.7. The van der Waals surface area contributed by atoms with Gasteiger partial charge in [0.2, 0.25) is 5.91 Å². The highest BCUT2D eigenvalue weighted by atomic mass is 32.2. The molecule has 4 rings (SSSR count). The largest absolute Gasteiger partial charge is 0.342 e. The summed E-state index contributed by atoms with van der Waals surface area (Å²) in [7, 11) is 0. The van der Waals surface area contributed by atoms with E-state index in [1.807, 2.05) is 17.2 Å². The second-order valence-corrected chi connectivity index (χ2v) is 7.94. The van der Waals surface area contributed by atoms with E-state index in [0.717, 1.165) is 36.8 Å². The van der Waals surface area contributed by atoms with Crippen LogP contribution in [0.15, 0.2) is 16.1 Å². The van der Waals surface area contributed by atoms with Crippen LogP contribution in [0.2, 0.25) is 0 Å². The van der Waals surface area contributed by atoms with E-state index in [2.05, 4.69) is 20.5 Å². The van der Waals surface area contributed by atoms with Crippen molar-refractivity contribution in [1.82, 2.24) is 20.4 Å². The Morgan fingerprint density at radius 3 is 2.77 bits per heavy atom. The number of amides is 4. The van der Waals surface area contributed by atoms with Crippen molar-refractivity contribution in [2.75, 3.05) is 26.2 Å². The number of hydrogen-bond donors (Lipinski definition) is 2. The summed E-state index contributed by atoms with van der Waals surface area (Å²) < 4.78 is 0. The van der Waals surface area contributed by atoms with Crippen molar-refractivity contribution in [3.63, 3.8) is 0 Å². The number of amidine groups is 1. The van der Waals surface area contributed by atoms with Crippen LogP contribution >= 0.6 is 11.8 Å². The molecule has 0 bridgehead atoms. The van der Waals surface area contributed by atoms with Gasteiger partial charge in [-0.2, -0.15) is 0 Å². The summed E-state index contributed by atoms with van der Waals surface area (Å²) >= 11 is 1.59. The maximum atomic E-state index is 12.7. The van der Waals surface area contributed by atoms with Gasteiger partial charge < -0.3 is 15.1 Å². The van der Waals surface area contributed by atoms with Crippen LogP contribution < -0.4 is 10.6 Å². The van der Waals surface area contributed by atoms with Gasteiger partial charge in [0.05, 0.1) is 13.0 Å². The Labute approximate surface area is 156 Å². The van der Waals surface area contributed by atoms with E-state index < -0.39 is 11.6 Å². The number of rotatable bonds is 4. The van der Waals surface area contributed by atoms with Gasteiger partial charge in [0.15, 0.2) is 5.17 Å². The lowest BCUT2D eigenvalue weighted by Gasteiger charge is -2.40. The Morgan fingerprint density at radius 1 is 1.35 bits per heavy atom. The molecule has 0 aromatic heterocycles. The van der Waals surface area contributed by atoms with Crippen LogP contribution in [0.3, 0.4) is 0 Å². The number of urea groups is 1. The van der Waals surface area contributed by atoms with E-state index >= 15 is 0 Å². The summed E-state index contributed by atoms with van der Waals surface area (Å²) in [6.45, 7) is 4.82. The van der Waals surface area contributed by atoms with Gasteiger partial charge in [0, 0.05) is 25.3 Å². The number of hydrogen-bond acceptors (Lipinski definition) is 6. The molecule has 4 heterocycles. The SMILES string of the molecule is CC[C@@]1(C2CCN(C(=O)CC3=CSC4=NCCN34)CC2)NC(=O)NC1=O. The van der Waals surface area contributed by atoms with Gasteiger partial charge in [-0.25, -0.2) is 4.79 Å². The predicted octanol–water partition coefficient (Wildman–Crippen LogP) is 0.863. The van der Waals surface area contributed by atoms with E-state index in [9.17, 15) is 14.4 Å². The molecule has 140 valence electrons. The number of piperidine rings is 1. The Bertz CT molecular complexity index is 713. The van der Waals surface area contributed by atoms with Crippen molar-refractivity contribution in [2.45, 2.75) is 38.1 Å². The van der Waals surface area contributed by atoms with Crippen molar-refractivity contribution in [1.29, 1.82) is 0 Å². The molecule has 0 radical (unpaired) electrons. The van der Waals surface area contributed by atoms with Crippen molar-refractivity contribution in [3.05, 3.63) is 11.1 Å². The molecule has 4 amide bonds. The summed E-state index contributed by atoms with van der Waals surface area (Å²) in [6, 6.07) is -0.413. The fourth-order valence-corrected chi connectivity index (χ4v) is 5.29. The van der Waals surface area contributed by atoms with Crippen LogP contribution in [0.4, 0.5) is 4.79 Å². The van der Waals surface area contributed by atoms with Gasteiger partial charge in [0.25, 0.3) is 5.91 Å². The zero-order valence-corrected chi connectivity index (χ0v) is 15.6. The molecule has 2 fully saturated rings. The molecule has 0 aromatic carbocycles. The standard InChI is InChI=1S/C17H23N5O3S/c1-2-17(14(24)19-15(25)20-17)11-3-6-21(7-4-11)13(23)9-12-10-26-16-18-5-8-22(12)16/h10-11H,2-9H2,1H3,(H2,19,20,24,25)/t17-/m0/s1. The first-order valence-corrected chi connectivity index (χ1v) is 10.0. The predicted molar refractivity (Wildman–Crippen MR) is 98.3 cm³/mol. The average Bonchev–Trinajstić information content (AvgIpc) is 3.31. The van der Waals surface area contributed by atoms with Gasteiger partial charge in [-0.15, -0.1) is 0 Å². The van der Waals surface area contributed by atoms with E-state index in [4.69, 9.17) is 0 Å². The second kappa shape index (κ2) is 6.61. The van der Waals surface area contributed by atoms with Crippen molar-refractivity contribution < 1.29 is 14.4 Å². The summed E-state index contributed by atoms with van der Waals surface area (Å²) in [5, 5.41) is 8.21. The summed E-state index contributed by atoms with van der Waals surface area (Å²) in [5.74, 6) is -0.0563. The number of nitrogens with zero attached hydrogens (tertiary/aromatic N) is 3. The molecule has 1 atom stereocenters. The van der Waals surface area contributed by atoms with Crippen molar-refractivity contribution >= 4 is 34.8 Å². The molecule has 4 aliphatic heterocycles. The molecule has 0 aromatic rings. The lowest BCUT2D eigenvalue weighted by Crippen LogP contribution is -2.56. The molecule has 0 saturated carbocycles. The van der Waals surface area contributed by atoms with Gasteiger partial charge in [-0.05, 0) is 30.6 Å². The quantitative estimate of drug-likeness (QED) is 0.709. The first-order valence-electron chi connectivity index (χ1n) is 9.12. The molecule has 0 unspecified atom stereocenters. The van der Waals surface area contributed by atoms with Crippen LogP contribution in [-0.4, -0.2) is 64.5 Å². The van der Waals surface area contributed by atoms with E-state index in [-0.39, 0.29) is 17.7 Å². The number of imide groups is 1. The molecule has 9 heteroatoms.